The highest BCUT2D eigenvalue weighted by Gasteiger charge is 2.26. The lowest BCUT2D eigenvalue weighted by atomic mass is 9.98. The number of hydrogen-bond acceptors (Lipinski definition) is 11. The molecule has 0 saturated carbocycles. The van der Waals surface area contributed by atoms with Crippen LogP contribution in [-0.2, 0) is 0 Å². The van der Waals surface area contributed by atoms with Crippen LogP contribution < -0.4 is 0 Å². The first-order valence-electron chi connectivity index (χ1n) is 38.4. The van der Waals surface area contributed by atoms with Crippen LogP contribution in [0.1, 0.15) is 0 Å². The Morgan fingerprint density at radius 1 is 0.198 bits per heavy atom. The number of thiophene rings is 2. The third kappa shape index (κ3) is 12.7. The number of aromatic nitrogens is 11. The van der Waals surface area contributed by atoms with E-state index in [2.05, 4.69) is 326 Å². The van der Waals surface area contributed by atoms with Crippen LogP contribution in [0.4, 0.5) is 0 Å². The summed E-state index contributed by atoms with van der Waals surface area (Å²) in [6.07, 6.45) is 14.4. The summed E-state index contributed by atoms with van der Waals surface area (Å²) in [6.45, 7) is 0. The molecule has 11 nitrogen and oxygen atoms in total. The summed E-state index contributed by atoms with van der Waals surface area (Å²) in [5.41, 5.74) is 25.9. The zero-order valence-corrected chi connectivity index (χ0v) is 63.9. The molecule has 10 heterocycles. The van der Waals surface area contributed by atoms with Gasteiger partial charge in [-0.2, -0.15) is 0 Å². The Morgan fingerprint density at radius 2 is 0.517 bits per heavy atom. The van der Waals surface area contributed by atoms with Gasteiger partial charge in [-0.15, -0.1) is 22.7 Å². The molecule has 0 N–H and O–H groups in total. The summed E-state index contributed by atoms with van der Waals surface area (Å²) in [5, 5.41) is 7.49. The van der Waals surface area contributed by atoms with Crippen LogP contribution in [0, 0.1) is 0 Å². The quantitative estimate of drug-likeness (QED) is 0.105. The van der Waals surface area contributed by atoms with E-state index in [0.717, 1.165) is 94.9 Å². The van der Waals surface area contributed by atoms with E-state index in [9.17, 15) is 0 Å². The van der Waals surface area contributed by atoms with E-state index >= 15 is 0 Å². The van der Waals surface area contributed by atoms with Crippen molar-refractivity contribution in [2.75, 3.05) is 0 Å². The maximum absolute atomic E-state index is 5.17. The van der Waals surface area contributed by atoms with Crippen molar-refractivity contribution >= 4 is 86.5 Å². The molecule has 13 heteroatoms. The maximum atomic E-state index is 5.17. The normalized spacial score (nSPS) is 11.4. The molecule has 0 unspecified atom stereocenters. The van der Waals surface area contributed by atoms with Crippen LogP contribution >= 0.6 is 22.7 Å². The van der Waals surface area contributed by atoms with Crippen LogP contribution in [0.3, 0.4) is 0 Å². The molecule has 12 aromatic carbocycles. The SMILES string of the molecule is c1ccc(-c2sc3c(ccc4c3c3ccccc3n4-c3cccc(-c4cc(-c5ccc(-c6ccncc6)cc5)nc(-c5ccncc5)n4)c3)c2-c2ccccc2)cc1.c1ccc(-c2sc3c(ccc4c3c3ccccc3n4-c3cccc(-c4nc(-c5ccncc5)nc(-c5ccc(-c6ccncc6)cc5)n4)c3)c2-c2ccccc2)cc1. The summed E-state index contributed by atoms with van der Waals surface area (Å²) in [7, 11) is 0. The minimum absolute atomic E-state index is 0.589. The average molecular weight is 1520 g/mol. The molecular weight excluding hydrogens is 1460 g/mol. The Balaban J connectivity index is 0.000000145. The van der Waals surface area contributed by atoms with Crippen LogP contribution in [0.25, 0.3) is 209 Å². The van der Waals surface area contributed by atoms with Crippen molar-refractivity contribution in [1.82, 2.24) is 54.0 Å². The second kappa shape index (κ2) is 29.8. The Labute approximate surface area is 675 Å². The van der Waals surface area contributed by atoms with E-state index in [1.165, 1.54) is 90.4 Å². The highest BCUT2D eigenvalue weighted by molar-refractivity contribution is 7.24. The second-order valence-corrected chi connectivity index (χ2v) is 30.5. The average Bonchev–Trinajstić information content (AvgIpc) is 1.56. The lowest BCUT2D eigenvalue weighted by Gasteiger charge is -2.12. The lowest BCUT2D eigenvalue weighted by Crippen LogP contribution is -2.01. The predicted octanol–water partition coefficient (Wildman–Crippen LogP) is 26.6. The Bertz CT molecular complexity index is 6950. The highest BCUT2D eigenvalue weighted by Crippen LogP contribution is 2.52. The van der Waals surface area contributed by atoms with Crippen molar-refractivity contribution in [3.8, 4) is 145 Å². The van der Waals surface area contributed by atoms with Crippen molar-refractivity contribution in [1.29, 1.82) is 0 Å². The third-order valence-corrected chi connectivity index (χ3v) is 24.1. The molecule has 0 atom stereocenters. The lowest BCUT2D eigenvalue weighted by molar-refractivity contribution is 1.07. The van der Waals surface area contributed by atoms with E-state index in [0.29, 0.717) is 23.3 Å². The third-order valence-electron chi connectivity index (χ3n) is 21.5. The molecule has 0 fully saturated rings. The van der Waals surface area contributed by atoms with E-state index in [4.69, 9.17) is 24.9 Å². The monoisotopic (exact) mass is 1520 g/mol. The first-order valence-corrected chi connectivity index (χ1v) is 40.1. The second-order valence-electron chi connectivity index (χ2n) is 28.4. The smallest absolute Gasteiger partial charge is 0.164 e. The standard InChI is InChI=1S/C52H33N5S.C51H32N6S/c1-3-10-37(11-4-1)48-43-22-23-47-49(51(43)58-50(48)38-12-5-2-6-13-38)42-16-7-8-17-46(42)57(47)41-15-9-14-40(32-41)45-33-44(55-52(56-45)39-26-30-54-31-27-39)36-20-18-34(19-21-36)35-24-28-53-29-25-35;1-3-10-35(11-4-1)45-42-22-23-44-46(48(42)58-47(45)36-12-5-2-6-13-36)41-16-7-8-17-43(41)57(44)40-15-9-14-39(32-40)51-55-49(54-50(56-51)38-26-30-53-31-27-38)37-20-18-33(19-21-37)34-24-28-52-29-25-34/h1-33H;1-32H. The van der Waals surface area contributed by atoms with E-state index in [1.807, 2.05) is 96.0 Å². The summed E-state index contributed by atoms with van der Waals surface area (Å²) in [6, 6.07) is 122. The van der Waals surface area contributed by atoms with Crippen LogP contribution in [0.15, 0.2) is 395 Å². The first-order chi connectivity index (χ1) is 57.5. The number of pyridine rings is 4. The molecule has 0 radical (unpaired) electrons. The van der Waals surface area contributed by atoms with Gasteiger partial charge in [-0.25, -0.2) is 24.9 Å². The molecular formula is C103H65N11S2. The van der Waals surface area contributed by atoms with Gasteiger partial charge in [0.2, 0.25) is 0 Å². The largest absolute Gasteiger partial charge is 0.309 e. The fraction of sp³-hybridized carbons (Fsp3) is 0. The summed E-state index contributed by atoms with van der Waals surface area (Å²) in [5.74, 6) is 2.44. The van der Waals surface area contributed by atoms with Gasteiger partial charge < -0.3 is 9.13 Å². The summed E-state index contributed by atoms with van der Waals surface area (Å²) >= 11 is 3.76. The van der Waals surface area contributed by atoms with Crippen LogP contribution in [0.5, 0.6) is 0 Å². The molecule has 0 aliphatic heterocycles. The minimum atomic E-state index is 0.589. The number of benzene rings is 12. The van der Waals surface area contributed by atoms with Crippen LogP contribution in [0.2, 0.25) is 0 Å². The van der Waals surface area contributed by atoms with E-state index < -0.39 is 0 Å². The minimum Gasteiger partial charge on any atom is -0.309 e. The van der Waals surface area contributed by atoms with Gasteiger partial charge in [0.15, 0.2) is 23.3 Å². The maximum Gasteiger partial charge on any atom is 0.164 e. The number of para-hydroxylation sites is 2. The van der Waals surface area contributed by atoms with Gasteiger partial charge in [0.1, 0.15) is 0 Å². The Kier molecular flexibility index (Phi) is 17.7. The molecule has 0 amide bonds. The predicted molar refractivity (Wildman–Crippen MR) is 478 cm³/mol. The Hall–Kier alpha value is -15.2. The molecule has 0 saturated heterocycles. The fourth-order valence-electron chi connectivity index (χ4n) is 16.1. The van der Waals surface area contributed by atoms with Crippen molar-refractivity contribution in [3.05, 3.63) is 395 Å². The Morgan fingerprint density at radius 3 is 0.957 bits per heavy atom. The van der Waals surface area contributed by atoms with Gasteiger partial charge >= 0.3 is 0 Å². The number of fused-ring (bicyclic) bond motifs is 10. The van der Waals surface area contributed by atoms with Gasteiger partial charge in [-0.05, 0) is 148 Å². The molecule has 0 aliphatic rings. The summed E-state index contributed by atoms with van der Waals surface area (Å²) in [4.78, 5) is 44.8. The zero-order chi connectivity index (χ0) is 76.8. The van der Waals surface area contributed by atoms with Crippen molar-refractivity contribution < 1.29 is 0 Å². The molecule has 0 bridgehead atoms. The fourth-order valence-corrected chi connectivity index (χ4v) is 18.9. The topological polar surface area (TPSA) is 126 Å². The summed E-state index contributed by atoms with van der Waals surface area (Å²) < 4.78 is 7.35. The molecule has 0 aliphatic carbocycles. The molecule has 22 aromatic rings. The van der Waals surface area contributed by atoms with Gasteiger partial charge in [0.25, 0.3) is 0 Å². The van der Waals surface area contributed by atoms with Crippen molar-refractivity contribution in [2.45, 2.75) is 0 Å². The van der Waals surface area contributed by atoms with Gasteiger partial charge in [0, 0.05) is 157 Å². The molecule has 10 aromatic heterocycles. The molecule has 0 spiro atoms. The van der Waals surface area contributed by atoms with Crippen molar-refractivity contribution in [3.63, 3.8) is 0 Å². The van der Waals surface area contributed by atoms with Gasteiger partial charge in [-0.3, -0.25) is 19.9 Å². The van der Waals surface area contributed by atoms with Gasteiger partial charge in [-0.1, -0.05) is 243 Å². The number of rotatable bonds is 14. The van der Waals surface area contributed by atoms with Crippen LogP contribution in [-0.4, -0.2) is 54.0 Å². The molecule has 116 heavy (non-hydrogen) atoms. The van der Waals surface area contributed by atoms with E-state index in [-0.39, 0.29) is 0 Å². The van der Waals surface area contributed by atoms with E-state index in [1.54, 1.807) is 24.8 Å². The molecule has 22 rings (SSSR count). The zero-order valence-electron chi connectivity index (χ0n) is 62.3. The molecule has 544 valence electrons. The van der Waals surface area contributed by atoms with Crippen molar-refractivity contribution in [2.24, 2.45) is 0 Å². The van der Waals surface area contributed by atoms with Gasteiger partial charge in [0.05, 0.1) is 33.5 Å². The number of nitrogens with zero attached hydrogens (tertiary/aromatic N) is 11. The number of hydrogen-bond donors (Lipinski definition) is 0. The highest BCUT2D eigenvalue weighted by atomic mass is 32.1. The first kappa shape index (κ1) is 68.8.